The summed E-state index contributed by atoms with van der Waals surface area (Å²) in [6.45, 7) is 1.85. The fraction of sp³-hybridized carbons (Fsp3) is 0.429. The van der Waals surface area contributed by atoms with Crippen molar-refractivity contribution >= 4 is 22.4 Å². The maximum atomic E-state index is 11.6. The SMILES string of the molecule is C[S@@](=O)c1nncn1CCc1cc(Cl)c2c(c1)OCCCO2. The number of hydrogen-bond donors (Lipinski definition) is 0. The van der Waals surface area contributed by atoms with Crippen molar-refractivity contribution in [3.63, 3.8) is 0 Å². The largest absolute Gasteiger partial charge is 0.489 e. The summed E-state index contributed by atoms with van der Waals surface area (Å²) in [6.07, 6.45) is 4.72. The predicted octanol–water partition coefficient (Wildman–Crippen LogP) is 2.07. The molecule has 2 heterocycles. The Morgan fingerprint density at radius 2 is 2.18 bits per heavy atom. The molecule has 1 aliphatic heterocycles. The number of aromatic nitrogens is 3. The molecule has 1 atom stereocenters. The lowest BCUT2D eigenvalue weighted by Gasteiger charge is -2.12. The molecule has 0 bridgehead atoms. The Hall–Kier alpha value is -1.60. The molecule has 118 valence electrons. The van der Waals surface area contributed by atoms with E-state index in [2.05, 4.69) is 10.2 Å². The Labute approximate surface area is 135 Å². The van der Waals surface area contributed by atoms with Crippen molar-refractivity contribution in [3.8, 4) is 11.5 Å². The molecule has 0 amide bonds. The van der Waals surface area contributed by atoms with Gasteiger partial charge in [0.25, 0.3) is 0 Å². The molecule has 1 aromatic heterocycles. The zero-order valence-corrected chi connectivity index (χ0v) is 13.7. The molecule has 0 radical (unpaired) electrons. The molecule has 3 rings (SSSR count). The summed E-state index contributed by atoms with van der Waals surface area (Å²) in [5, 5.41) is 8.70. The van der Waals surface area contributed by atoms with E-state index in [0.717, 1.165) is 12.0 Å². The standard InChI is InChI=1S/C14H16ClN3O3S/c1-22(19)14-17-16-9-18(14)4-3-10-7-11(15)13-12(8-10)20-5-2-6-21-13/h7-9H,2-6H2,1H3/t22-/m1/s1. The second-order valence-corrected chi connectivity index (χ2v) is 6.65. The number of halogens is 1. The lowest BCUT2D eigenvalue weighted by atomic mass is 10.1. The van der Waals surface area contributed by atoms with Gasteiger partial charge in [-0.25, -0.2) is 0 Å². The zero-order valence-electron chi connectivity index (χ0n) is 12.1. The Morgan fingerprint density at radius 3 is 3.00 bits per heavy atom. The third-order valence-electron chi connectivity index (χ3n) is 3.34. The molecule has 6 nitrogen and oxygen atoms in total. The van der Waals surface area contributed by atoms with E-state index in [4.69, 9.17) is 21.1 Å². The number of fused-ring (bicyclic) bond motifs is 1. The second kappa shape index (κ2) is 6.66. The van der Waals surface area contributed by atoms with E-state index in [9.17, 15) is 4.21 Å². The van der Waals surface area contributed by atoms with Crippen LogP contribution in [0.2, 0.25) is 5.02 Å². The van der Waals surface area contributed by atoms with E-state index in [-0.39, 0.29) is 0 Å². The molecule has 0 spiro atoms. The average Bonchev–Trinajstić information content (AvgIpc) is 2.83. The predicted molar refractivity (Wildman–Crippen MR) is 83.1 cm³/mol. The highest BCUT2D eigenvalue weighted by molar-refractivity contribution is 7.84. The molecule has 22 heavy (non-hydrogen) atoms. The van der Waals surface area contributed by atoms with Crippen LogP contribution in [0.5, 0.6) is 11.5 Å². The van der Waals surface area contributed by atoms with Crippen LogP contribution in [-0.4, -0.2) is 38.4 Å². The zero-order chi connectivity index (χ0) is 15.5. The highest BCUT2D eigenvalue weighted by Gasteiger charge is 2.16. The highest BCUT2D eigenvalue weighted by Crippen LogP contribution is 2.38. The monoisotopic (exact) mass is 341 g/mol. The number of nitrogens with zero attached hydrogens (tertiary/aromatic N) is 3. The van der Waals surface area contributed by atoms with E-state index in [1.807, 2.05) is 12.1 Å². The summed E-state index contributed by atoms with van der Waals surface area (Å²) in [5.74, 6) is 1.30. The van der Waals surface area contributed by atoms with Crippen molar-refractivity contribution in [2.24, 2.45) is 0 Å². The fourth-order valence-corrected chi connectivity index (χ4v) is 3.22. The summed E-state index contributed by atoms with van der Waals surface area (Å²) in [7, 11) is -1.16. The molecule has 1 aromatic carbocycles. The van der Waals surface area contributed by atoms with Crippen LogP contribution in [0.25, 0.3) is 0 Å². The summed E-state index contributed by atoms with van der Waals surface area (Å²) < 4.78 is 24.6. The second-order valence-electron chi connectivity index (χ2n) is 4.97. The Morgan fingerprint density at radius 1 is 1.36 bits per heavy atom. The third-order valence-corrected chi connectivity index (χ3v) is 4.45. The molecular weight excluding hydrogens is 326 g/mol. The van der Waals surface area contributed by atoms with Gasteiger partial charge in [0.05, 0.1) is 29.0 Å². The van der Waals surface area contributed by atoms with Gasteiger partial charge in [-0.3, -0.25) is 4.21 Å². The van der Waals surface area contributed by atoms with Gasteiger partial charge < -0.3 is 14.0 Å². The molecule has 1 aliphatic rings. The Kier molecular flexibility index (Phi) is 4.63. The van der Waals surface area contributed by atoms with Gasteiger partial charge in [-0.05, 0) is 24.1 Å². The van der Waals surface area contributed by atoms with Gasteiger partial charge in [0.2, 0.25) is 5.16 Å². The number of hydrogen-bond acceptors (Lipinski definition) is 5. The molecule has 8 heteroatoms. The van der Waals surface area contributed by atoms with E-state index in [1.165, 1.54) is 0 Å². The van der Waals surface area contributed by atoms with E-state index >= 15 is 0 Å². The lowest BCUT2D eigenvalue weighted by molar-refractivity contribution is 0.297. The van der Waals surface area contributed by atoms with Gasteiger partial charge in [-0.15, -0.1) is 10.2 Å². The number of rotatable bonds is 4. The van der Waals surface area contributed by atoms with E-state index < -0.39 is 10.8 Å². The van der Waals surface area contributed by atoms with E-state index in [0.29, 0.717) is 47.9 Å². The van der Waals surface area contributed by atoms with Gasteiger partial charge >= 0.3 is 0 Å². The first-order valence-corrected chi connectivity index (χ1v) is 8.88. The number of benzene rings is 1. The Bertz CT molecular complexity index is 705. The normalized spacial score (nSPS) is 15.4. The van der Waals surface area contributed by atoms with E-state index in [1.54, 1.807) is 17.2 Å². The topological polar surface area (TPSA) is 66.2 Å². The molecule has 0 fully saturated rings. The molecular formula is C14H16ClN3O3S. The lowest BCUT2D eigenvalue weighted by Crippen LogP contribution is -2.06. The van der Waals surface area contributed by atoms with Gasteiger partial charge in [0, 0.05) is 19.2 Å². The quantitative estimate of drug-likeness (QED) is 0.851. The fourth-order valence-electron chi connectivity index (χ4n) is 2.30. The number of aryl methyl sites for hydroxylation is 2. The van der Waals surface area contributed by atoms with Crippen LogP contribution in [-0.2, 0) is 23.8 Å². The minimum Gasteiger partial charge on any atom is -0.489 e. The molecule has 0 saturated heterocycles. The molecule has 2 aromatic rings. The van der Waals surface area contributed by atoms with Gasteiger partial charge in [0.15, 0.2) is 11.5 Å². The van der Waals surface area contributed by atoms with Crippen LogP contribution in [0, 0.1) is 0 Å². The highest BCUT2D eigenvalue weighted by atomic mass is 35.5. The Balaban J connectivity index is 1.78. The first-order valence-electron chi connectivity index (χ1n) is 6.94. The van der Waals surface area contributed by atoms with Crippen molar-refractivity contribution in [2.45, 2.75) is 24.5 Å². The molecule has 0 unspecified atom stereocenters. The summed E-state index contributed by atoms with van der Waals surface area (Å²) >= 11 is 6.28. The number of ether oxygens (including phenoxy) is 2. The summed E-state index contributed by atoms with van der Waals surface area (Å²) in [5.41, 5.74) is 1.02. The van der Waals surface area contributed by atoms with Crippen molar-refractivity contribution in [1.29, 1.82) is 0 Å². The average molecular weight is 342 g/mol. The van der Waals surface area contributed by atoms with Crippen LogP contribution in [0.4, 0.5) is 0 Å². The molecule has 0 saturated carbocycles. The van der Waals surface area contributed by atoms with Gasteiger partial charge in [0.1, 0.15) is 6.33 Å². The van der Waals surface area contributed by atoms with Crippen molar-refractivity contribution in [2.75, 3.05) is 19.5 Å². The minimum absolute atomic E-state index is 0.473. The summed E-state index contributed by atoms with van der Waals surface area (Å²) in [4.78, 5) is 0. The first-order chi connectivity index (χ1) is 10.6. The van der Waals surface area contributed by atoms with Crippen molar-refractivity contribution in [3.05, 3.63) is 29.0 Å². The summed E-state index contributed by atoms with van der Waals surface area (Å²) in [6, 6.07) is 3.82. The van der Waals surface area contributed by atoms with Crippen LogP contribution >= 0.6 is 11.6 Å². The maximum absolute atomic E-state index is 11.6. The maximum Gasteiger partial charge on any atom is 0.221 e. The molecule has 0 aliphatic carbocycles. The minimum atomic E-state index is -1.16. The van der Waals surface area contributed by atoms with Crippen LogP contribution in [0.15, 0.2) is 23.6 Å². The van der Waals surface area contributed by atoms with Crippen LogP contribution in [0.1, 0.15) is 12.0 Å². The third kappa shape index (κ3) is 3.25. The van der Waals surface area contributed by atoms with Crippen molar-refractivity contribution in [1.82, 2.24) is 14.8 Å². The van der Waals surface area contributed by atoms with Gasteiger partial charge in [-0.2, -0.15) is 0 Å². The van der Waals surface area contributed by atoms with Crippen LogP contribution in [0.3, 0.4) is 0 Å². The van der Waals surface area contributed by atoms with Crippen molar-refractivity contribution < 1.29 is 13.7 Å². The first kappa shape index (κ1) is 15.3. The smallest absolute Gasteiger partial charge is 0.221 e. The van der Waals surface area contributed by atoms with Gasteiger partial charge in [-0.1, -0.05) is 11.6 Å². The molecule has 0 N–H and O–H groups in total. The van der Waals surface area contributed by atoms with Crippen LogP contribution < -0.4 is 9.47 Å².